The van der Waals surface area contributed by atoms with E-state index in [2.05, 4.69) is 18.2 Å². The van der Waals surface area contributed by atoms with E-state index in [1.165, 1.54) is 5.56 Å². The molecule has 3 aromatic carbocycles. The number of likely N-dealkylation sites (tertiary alicyclic amines) is 1. The molecule has 0 spiro atoms. The summed E-state index contributed by atoms with van der Waals surface area (Å²) in [5.74, 6) is 1.24. The molecule has 0 aliphatic carbocycles. The molecule has 1 heterocycles. The van der Waals surface area contributed by atoms with E-state index in [-0.39, 0.29) is 12.0 Å². The second-order valence-corrected chi connectivity index (χ2v) is 7.86. The van der Waals surface area contributed by atoms with Crippen LogP contribution < -0.4 is 4.74 Å². The van der Waals surface area contributed by atoms with Gasteiger partial charge in [-0.1, -0.05) is 36.4 Å². The van der Waals surface area contributed by atoms with Crippen molar-refractivity contribution in [2.45, 2.75) is 25.4 Å². The Balaban J connectivity index is 1.27. The smallest absolute Gasteiger partial charge is 0.253 e. The Morgan fingerprint density at radius 3 is 2.41 bits per heavy atom. The van der Waals surface area contributed by atoms with Gasteiger partial charge in [0.05, 0.1) is 24.3 Å². The number of amides is 1. The van der Waals surface area contributed by atoms with Gasteiger partial charge in [0, 0.05) is 18.7 Å². The molecule has 1 aliphatic heterocycles. The van der Waals surface area contributed by atoms with Crippen LogP contribution in [0.15, 0.2) is 78.9 Å². The Labute approximate surface area is 188 Å². The lowest BCUT2D eigenvalue weighted by Crippen LogP contribution is -2.41. The van der Waals surface area contributed by atoms with Crippen LogP contribution in [0.1, 0.15) is 34.3 Å². The minimum Gasteiger partial charge on any atom is -0.457 e. The number of benzene rings is 3. The van der Waals surface area contributed by atoms with Crippen LogP contribution in [0.5, 0.6) is 11.5 Å². The average Bonchev–Trinajstić information content (AvgIpc) is 2.85. The summed E-state index contributed by atoms with van der Waals surface area (Å²) < 4.78 is 11.9. The number of carbonyl (C=O) groups is 1. The molecule has 1 aliphatic rings. The van der Waals surface area contributed by atoms with E-state index < -0.39 is 0 Å². The summed E-state index contributed by atoms with van der Waals surface area (Å²) in [5.41, 5.74) is 2.47. The zero-order valence-corrected chi connectivity index (χ0v) is 17.9. The number of carbonyl (C=O) groups excluding carboxylic acids is 1. The number of ether oxygens (including phenoxy) is 2. The minimum absolute atomic E-state index is 0.0120. The first-order chi connectivity index (χ1) is 15.7. The van der Waals surface area contributed by atoms with Gasteiger partial charge in [0.25, 0.3) is 5.91 Å². The van der Waals surface area contributed by atoms with Crippen molar-refractivity contribution in [1.29, 1.82) is 5.26 Å². The van der Waals surface area contributed by atoms with E-state index >= 15 is 0 Å². The standard InChI is InChI=1S/C27H26N2O3/c28-20-22-9-11-25(12-10-22)32-26-8-4-7-23(19-26)27(30)29-16-13-24(14-17-29)31-18-15-21-5-2-1-3-6-21/h1-12,19,24H,13-18H2. The van der Waals surface area contributed by atoms with Crippen LogP contribution >= 0.6 is 0 Å². The molecule has 0 radical (unpaired) electrons. The Hall–Kier alpha value is -3.62. The van der Waals surface area contributed by atoms with Gasteiger partial charge in [-0.05, 0) is 67.3 Å². The third kappa shape index (κ3) is 5.75. The van der Waals surface area contributed by atoms with Crippen LogP contribution in [0.4, 0.5) is 0 Å². The quantitative estimate of drug-likeness (QED) is 0.520. The van der Waals surface area contributed by atoms with Gasteiger partial charge >= 0.3 is 0 Å². The van der Waals surface area contributed by atoms with E-state index in [0.29, 0.717) is 42.3 Å². The SMILES string of the molecule is N#Cc1ccc(Oc2cccc(C(=O)N3CCC(OCCc4ccccc4)CC3)c2)cc1. The summed E-state index contributed by atoms with van der Waals surface area (Å²) in [4.78, 5) is 14.9. The third-order valence-electron chi connectivity index (χ3n) is 5.62. The maximum absolute atomic E-state index is 13.0. The average molecular weight is 427 g/mol. The van der Waals surface area contributed by atoms with Crippen LogP contribution in [-0.4, -0.2) is 36.6 Å². The molecular formula is C27H26N2O3. The predicted octanol–water partition coefficient (Wildman–Crippen LogP) is 5.21. The van der Waals surface area contributed by atoms with E-state index in [1.54, 1.807) is 30.3 Å². The van der Waals surface area contributed by atoms with E-state index in [1.807, 2.05) is 41.3 Å². The van der Waals surface area contributed by atoms with Crippen molar-refractivity contribution in [3.63, 3.8) is 0 Å². The summed E-state index contributed by atoms with van der Waals surface area (Å²) in [6, 6.07) is 26.6. The van der Waals surface area contributed by atoms with E-state index in [9.17, 15) is 4.79 Å². The second-order valence-electron chi connectivity index (χ2n) is 7.86. The first-order valence-electron chi connectivity index (χ1n) is 10.9. The third-order valence-corrected chi connectivity index (χ3v) is 5.62. The maximum Gasteiger partial charge on any atom is 0.253 e. The largest absolute Gasteiger partial charge is 0.457 e. The molecule has 32 heavy (non-hydrogen) atoms. The molecule has 0 atom stereocenters. The maximum atomic E-state index is 13.0. The zero-order chi connectivity index (χ0) is 22.2. The van der Waals surface area contributed by atoms with Crippen LogP contribution in [0.2, 0.25) is 0 Å². The number of nitrogens with zero attached hydrogens (tertiary/aromatic N) is 2. The van der Waals surface area contributed by atoms with Gasteiger partial charge in [-0.3, -0.25) is 4.79 Å². The summed E-state index contributed by atoms with van der Waals surface area (Å²) in [6.45, 7) is 2.09. The van der Waals surface area contributed by atoms with Crippen LogP contribution in [0.25, 0.3) is 0 Å². The van der Waals surface area contributed by atoms with E-state index in [0.717, 1.165) is 19.3 Å². The van der Waals surface area contributed by atoms with Gasteiger partial charge in [0.2, 0.25) is 0 Å². The topological polar surface area (TPSA) is 62.6 Å². The molecular weight excluding hydrogens is 400 g/mol. The highest BCUT2D eigenvalue weighted by molar-refractivity contribution is 5.94. The molecule has 0 aromatic heterocycles. The molecule has 1 amide bonds. The van der Waals surface area contributed by atoms with Gasteiger partial charge in [-0.25, -0.2) is 0 Å². The minimum atomic E-state index is 0.0120. The van der Waals surface area contributed by atoms with Crippen molar-refractivity contribution in [3.05, 3.63) is 95.6 Å². The normalized spacial score (nSPS) is 14.0. The first-order valence-corrected chi connectivity index (χ1v) is 10.9. The van der Waals surface area contributed by atoms with E-state index in [4.69, 9.17) is 14.7 Å². The van der Waals surface area contributed by atoms with Crippen molar-refractivity contribution in [3.8, 4) is 17.6 Å². The fourth-order valence-electron chi connectivity index (χ4n) is 3.82. The highest BCUT2D eigenvalue weighted by Crippen LogP contribution is 2.24. The lowest BCUT2D eigenvalue weighted by Gasteiger charge is -2.32. The summed E-state index contributed by atoms with van der Waals surface area (Å²) in [6.07, 6.45) is 2.81. The molecule has 4 rings (SSSR count). The van der Waals surface area contributed by atoms with Gasteiger partial charge in [0.15, 0.2) is 0 Å². The highest BCUT2D eigenvalue weighted by Gasteiger charge is 2.24. The highest BCUT2D eigenvalue weighted by atomic mass is 16.5. The Morgan fingerprint density at radius 1 is 0.938 bits per heavy atom. The summed E-state index contributed by atoms with van der Waals surface area (Å²) >= 11 is 0. The van der Waals surface area contributed by atoms with Crippen molar-refractivity contribution < 1.29 is 14.3 Å². The zero-order valence-electron chi connectivity index (χ0n) is 17.9. The van der Waals surface area contributed by atoms with Gasteiger partial charge in [-0.2, -0.15) is 5.26 Å². The van der Waals surface area contributed by atoms with Crippen molar-refractivity contribution in [2.75, 3.05) is 19.7 Å². The Bertz CT molecular complexity index is 1070. The van der Waals surface area contributed by atoms with Crippen LogP contribution in [-0.2, 0) is 11.2 Å². The fourth-order valence-corrected chi connectivity index (χ4v) is 3.82. The molecule has 1 saturated heterocycles. The molecule has 5 heteroatoms. The first kappa shape index (κ1) is 21.6. The number of piperidine rings is 1. The van der Waals surface area contributed by atoms with Crippen LogP contribution in [0.3, 0.4) is 0 Å². The molecule has 3 aromatic rings. The molecule has 0 bridgehead atoms. The molecule has 0 saturated carbocycles. The monoisotopic (exact) mass is 426 g/mol. The molecule has 5 nitrogen and oxygen atoms in total. The fraction of sp³-hybridized carbons (Fsp3) is 0.259. The molecule has 0 N–H and O–H groups in total. The van der Waals surface area contributed by atoms with Gasteiger partial charge in [0.1, 0.15) is 11.5 Å². The van der Waals surface area contributed by atoms with Gasteiger partial charge in [-0.15, -0.1) is 0 Å². The van der Waals surface area contributed by atoms with Crippen molar-refractivity contribution in [1.82, 2.24) is 4.90 Å². The van der Waals surface area contributed by atoms with Crippen LogP contribution in [0, 0.1) is 11.3 Å². The number of hydrogen-bond acceptors (Lipinski definition) is 4. The predicted molar refractivity (Wildman–Crippen MR) is 123 cm³/mol. The number of hydrogen-bond donors (Lipinski definition) is 0. The Morgan fingerprint density at radius 2 is 1.69 bits per heavy atom. The summed E-state index contributed by atoms with van der Waals surface area (Å²) in [5, 5.41) is 8.90. The number of nitriles is 1. The lowest BCUT2D eigenvalue weighted by molar-refractivity contribution is 0.0100. The molecule has 0 unspecified atom stereocenters. The second kappa shape index (κ2) is 10.6. The molecule has 162 valence electrons. The van der Waals surface area contributed by atoms with Crippen molar-refractivity contribution in [2.24, 2.45) is 0 Å². The lowest BCUT2D eigenvalue weighted by atomic mass is 10.1. The molecule has 1 fully saturated rings. The van der Waals surface area contributed by atoms with Crippen molar-refractivity contribution >= 4 is 5.91 Å². The Kier molecular flexibility index (Phi) is 7.16. The number of rotatable bonds is 7. The van der Waals surface area contributed by atoms with Gasteiger partial charge < -0.3 is 14.4 Å². The summed E-state index contributed by atoms with van der Waals surface area (Å²) in [7, 11) is 0.